The Morgan fingerprint density at radius 2 is 2.00 bits per heavy atom. The van der Waals surface area contributed by atoms with Crippen LogP contribution in [-0.2, 0) is 23.7 Å². The Labute approximate surface area is 181 Å². The predicted octanol–water partition coefficient (Wildman–Crippen LogP) is 1.84. The zero-order valence-electron chi connectivity index (χ0n) is 18.3. The van der Waals surface area contributed by atoms with Crippen molar-refractivity contribution in [2.24, 2.45) is 5.11 Å². The quantitative estimate of drug-likeness (QED) is 0.237. The van der Waals surface area contributed by atoms with Crippen LogP contribution in [0.4, 0.5) is 5.82 Å². The molecule has 3 heterocycles. The van der Waals surface area contributed by atoms with Gasteiger partial charge in [-0.05, 0) is 26.3 Å². The molecule has 2 aliphatic rings. The third-order valence-electron chi connectivity index (χ3n) is 4.82. The predicted molar refractivity (Wildman–Crippen MR) is 110 cm³/mol. The maximum atomic E-state index is 8.23. The van der Waals surface area contributed by atoms with Gasteiger partial charge in [-0.1, -0.05) is 5.11 Å². The van der Waals surface area contributed by atoms with Crippen LogP contribution in [-0.4, -0.2) is 86.8 Å². The summed E-state index contributed by atoms with van der Waals surface area (Å²) in [4.78, 5) is 11.2. The molecule has 0 aliphatic carbocycles. The highest BCUT2D eigenvalue weighted by molar-refractivity contribution is 5.39. The van der Waals surface area contributed by atoms with E-state index in [1.807, 2.05) is 26.8 Å². The van der Waals surface area contributed by atoms with E-state index in [4.69, 9.17) is 34.0 Å². The van der Waals surface area contributed by atoms with Gasteiger partial charge in [-0.25, -0.2) is 4.98 Å². The second-order valence-corrected chi connectivity index (χ2v) is 7.71. The van der Waals surface area contributed by atoms with Crippen LogP contribution in [0.1, 0.15) is 19.5 Å². The maximum Gasteiger partial charge on any atom is 0.318 e. The van der Waals surface area contributed by atoms with Gasteiger partial charge in [-0.2, -0.15) is 4.98 Å². The Bertz CT molecular complexity index is 774. The number of rotatable bonds is 11. The highest BCUT2D eigenvalue weighted by atomic mass is 16.8. The summed E-state index contributed by atoms with van der Waals surface area (Å²) in [5, 5.41) is 6.78. The first-order chi connectivity index (χ1) is 14.9. The summed E-state index contributed by atoms with van der Waals surface area (Å²) in [7, 11) is 1.53. The minimum Gasteiger partial charge on any atom is -0.467 e. The number of hydrogen-bond donors (Lipinski definition) is 1. The molecule has 0 radical (unpaired) electrons. The van der Waals surface area contributed by atoms with Crippen molar-refractivity contribution < 1.29 is 28.4 Å². The number of hydrogen-bond acceptors (Lipinski definition) is 10. The van der Waals surface area contributed by atoms with Gasteiger partial charge in [-0.3, -0.25) is 0 Å². The summed E-state index contributed by atoms with van der Waals surface area (Å²) < 4.78 is 34.6. The molecule has 3 rings (SSSR count). The molecule has 31 heavy (non-hydrogen) atoms. The van der Waals surface area contributed by atoms with Crippen LogP contribution in [0.3, 0.4) is 0 Å². The van der Waals surface area contributed by atoms with E-state index >= 15 is 0 Å². The van der Waals surface area contributed by atoms with Gasteiger partial charge in [-0.15, -0.1) is 0 Å². The van der Waals surface area contributed by atoms with Crippen LogP contribution in [0.25, 0.3) is 10.4 Å². The van der Waals surface area contributed by atoms with Crippen molar-refractivity contribution in [1.82, 2.24) is 9.97 Å². The van der Waals surface area contributed by atoms with Crippen molar-refractivity contribution in [3.05, 3.63) is 22.2 Å². The summed E-state index contributed by atoms with van der Waals surface area (Å²) in [5.41, 5.74) is 9.02. The monoisotopic (exact) mass is 438 g/mol. The first-order valence-corrected chi connectivity index (χ1v) is 10.2. The SMILES string of the molecule is COc1nc(C)cc(N[C@@H]2CO[C@H](COCCOCCN=[N+]=[N-])[C@@H]3OC(C)(C)O[C@@H]32)n1. The number of nitrogens with zero attached hydrogens (tertiary/aromatic N) is 5. The second kappa shape index (κ2) is 10.9. The summed E-state index contributed by atoms with van der Waals surface area (Å²) >= 11 is 0. The van der Waals surface area contributed by atoms with Crippen molar-refractivity contribution in [2.45, 2.75) is 50.9 Å². The fourth-order valence-corrected chi connectivity index (χ4v) is 3.57. The van der Waals surface area contributed by atoms with Gasteiger partial charge in [0.2, 0.25) is 0 Å². The van der Waals surface area contributed by atoms with Crippen LogP contribution in [0.15, 0.2) is 11.2 Å². The van der Waals surface area contributed by atoms with E-state index in [9.17, 15) is 0 Å². The summed E-state index contributed by atoms with van der Waals surface area (Å²) in [6, 6.07) is 1.98. The third kappa shape index (κ3) is 6.63. The molecule has 2 fully saturated rings. The standard InChI is InChI=1S/C19H30N6O6/c1-12-9-15(24-18(22-12)26-4)23-13-10-29-14(17-16(13)30-19(2,3)31-17)11-28-8-7-27-6-5-21-25-20/h9,13-14,16-17H,5-8,10-11H2,1-4H3,(H,22,23,24)/t13-,14-,16-,17+/m1/s1. The second-order valence-electron chi connectivity index (χ2n) is 7.71. The molecule has 0 spiro atoms. The number of aromatic nitrogens is 2. The average Bonchev–Trinajstić information content (AvgIpc) is 3.06. The highest BCUT2D eigenvalue weighted by Crippen LogP contribution is 2.36. The summed E-state index contributed by atoms with van der Waals surface area (Å²) in [5.74, 6) is -0.0946. The molecule has 172 valence electrons. The zero-order valence-corrected chi connectivity index (χ0v) is 18.3. The Kier molecular flexibility index (Phi) is 8.24. The third-order valence-corrected chi connectivity index (χ3v) is 4.82. The molecular formula is C19H30N6O6. The fourth-order valence-electron chi connectivity index (χ4n) is 3.57. The largest absolute Gasteiger partial charge is 0.467 e. The number of anilines is 1. The highest BCUT2D eigenvalue weighted by Gasteiger charge is 2.52. The number of nitrogens with one attached hydrogen (secondary N) is 1. The molecule has 0 bridgehead atoms. The number of methoxy groups -OCH3 is 1. The van der Waals surface area contributed by atoms with Gasteiger partial charge >= 0.3 is 6.01 Å². The molecule has 4 atom stereocenters. The Morgan fingerprint density at radius 3 is 2.77 bits per heavy atom. The Hall–Kier alpha value is -2.21. The van der Waals surface area contributed by atoms with E-state index in [0.717, 1.165) is 5.69 Å². The summed E-state index contributed by atoms with van der Waals surface area (Å²) in [6.07, 6.45) is -0.801. The van der Waals surface area contributed by atoms with Crippen LogP contribution in [0, 0.1) is 6.92 Å². The lowest BCUT2D eigenvalue weighted by molar-refractivity contribution is -0.160. The lowest BCUT2D eigenvalue weighted by atomic mass is 9.98. The average molecular weight is 438 g/mol. The number of aryl methyl sites for hydroxylation is 1. The molecule has 1 N–H and O–H groups in total. The molecular weight excluding hydrogens is 408 g/mol. The van der Waals surface area contributed by atoms with Crippen molar-refractivity contribution in [3.63, 3.8) is 0 Å². The van der Waals surface area contributed by atoms with Gasteiger partial charge in [0.15, 0.2) is 5.79 Å². The minimum atomic E-state index is -0.731. The van der Waals surface area contributed by atoms with Gasteiger partial charge in [0.1, 0.15) is 24.1 Å². The van der Waals surface area contributed by atoms with E-state index in [-0.39, 0.29) is 24.4 Å². The molecule has 2 saturated heterocycles. The molecule has 12 nitrogen and oxygen atoms in total. The minimum absolute atomic E-state index is 0.161. The molecule has 0 amide bonds. The van der Waals surface area contributed by atoms with Gasteiger partial charge < -0.3 is 33.7 Å². The smallest absolute Gasteiger partial charge is 0.318 e. The van der Waals surface area contributed by atoms with Gasteiger partial charge in [0.05, 0.1) is 46.2 Å². The van der Waals surface area contributed by atoms with Crippen LogP contribution in [0.2, 0.25) is 0 Å². The lowest BCUT2D eigenvalue weighted by Crippen LogP contribution is -2.55. The molecule has 2 aliphatic heterocycles. The van der Waals surface area contributed by atoms with E-state index in [0.29, 0.717) is 51.4 Å². The lowest BCUT2D eigenvalue weighted by Gasteiger charge is -2.37. The first-order valence-electron chi connectivity index (χ1n) is 10.2. The maximum absolute atomic E-state index is 8.23. The molecule has 1 aromatic heterocycles. The van der Waals surface area contributed by atoms with Crippen LogP contribution in [0.5, 0.6) is 6.01 Å². The number of fused-ring (bicyclic) bond motifs is 1. The first kappa shape index (κ1) is 23.5. The summed E-state index contributed by atoms with van der Waals surface area (Å²) in [6.45, 7) is 7.88. The van der Waals surface area contributed by atoms with Crippen molar-refractivity contribution in [2.75, 3.05) is 52.0 Å². The topological polar surface area (TPSA) is 142 Å². The number of azide groups is 1. The van der Waals surface area contributed by atoms with E-state index in [2.05, 4.69) is 25.3 Å². The van der Waals surface area contributed by atoms with E-state index in [1.54, 1.807) is 0 Å². The Morgan fingerprint density at radius 1 is 1.23 bits per heavy atom. The molecule has 0 unspecified atom stereocenters. The fraction of sp³-hybridized carbons (Fsp3) is 0.789. The molecule has 0 aromatic carbocycles. The van der Waals surface area contributed by atoms with Crippen LogP contribution >= 0.6 is 0 Å². The van der Waals surface area contributed by atoms with Gasteiger partial charge in [0.25, 0.3) is 0 Å². The normalized spacial score (nSPS) is 26.7. The Balaban J connectivity index is 1.54. The molecule has 1 aromatic rings. The molecule has 0 saturated carbocycles. The van der Waals surface area contributed by atoms with Crippen LogP contribution < -0.4 is 10.1 Å². The van der Waals surface area contributed by atoms with E-state index in [1.165, 1.54) is 7.11 Å². The van der Waals surface area contributed by atoms with Crippen molar-refractivity contribution in [3.8, 4) is 6.01 Å². The zero-order chi connectivity index (χ0) is 22.3. The van der Waals surface area contributed by atoms with Gasteiger partial charge in [0, 0.05) is 23.2 Å². The molecule has 12 heteroatoms. The van der Waals surface area contributed by atoms with E-state index < -0.39 is 5.79 Å². The van der Waals surface area contributed by atoms with Crippen molar-refractivity contribution in [1.29, 1.82) is 0 Å². The number of ether oxygens (including phenoxy) is 6. The van der Waals surface area contributed by atoms with Crippen molar-refractivity contribution >= 4 is 5.82 Å².